The zero-order valence-electron chi connectivity index (χ0n) is 14.0. The third-order valence-corrected chi connectivity index (χ3v) is 4.13. The average Bonchev–Trinajstić information content (AvgIpc) is 2.67. The minimum atomic E-state index is -0.108. The van der Waals surface area contributed by atoms with Crippen LogP contribution in [0.3, 0.4) is 0 Å². The van der Waals surface area contributed by atoms with Crippen molar-refractivity contribution in [2.75, 3.05) is 42.5 Å². The highest BCUT2D eigenvalue weighted by Gasteiger charge is 2.18. The molecule has 0 unspecified atom stereocenters. The minimum absolute atomic E-state index is 0.108. The number of carbonyl (C=O) groups excluding carboxylic acids is 1. The molecule has 1 amide bonds. The Morgan fingerprint density at radius 2 is 1.88 bits per heavy atom. The second kappa shape index (κ2) is 7.77. The van der Waals surface area contributed by atoms with E-state index < -0.39 is 0 Å². The van der Waals surface area contributed by atoms with Crippen LogP contribution >= 0.6 is 0 Å². The fourth-order valence-electron chi connectivity index (χ4n) is 2.77. The van der Waals surface area contributed by atoms with Gasteiger partial charge in [0.2, 0.25) is 0 Å². The molecule has 3 heterocycles. The van der Waals surface area contributed by atoms with Crippen molar-refractivity contribution in [2.45, 2.75) is 13.3 Å². The lowest BCUT2D eigenvalue weighted by Gasteiger charge is -2.36. The Morgan fingerprint density at radius 1 is 1.08 bits per heavy atom. The Balaban J connectivity index is 1.57. The van der Waals surface area contributed by atoms with Crippen molar-refractivity contribution in [1.82, 2.24) is 15.3 Å². The largest absolute Gasteiger partial charge is 0.367 e. The minimum Gasteiger partial charge on any atom is -0.367 e. The molecule has 24 heavy (non-hydrogen) atoms. The van der Waals surface area contributed by atoms with Crippen molar-refractivity contribution >= 4 is 17.4 Å². The summed E-state index contributed by atoms with van der Waals surface area (Å²) in [4.78, 5) is 25.2. The SMILES string of the molecule is CCCNC(=O)c1ccc(N2CCN(c3ccccn3)CC2)cn1. The van der Waals surface area contributed by atoms with E-state index >= 15 is 0 Å². The Morgan fingerprint density at radius 3 is 2.50 bits per heavy atom. The van der Waals surface area contributed by atoms with Gasteiger partial charge < -0.3 is 15.1 Å². The molecule has 2 aromatic rings. The highest BCUT2D eigenvalue weighted by atomic mass is 16.1. The number of hydrogen-bond donors (Lipinski definition) is 1. The second-order valence-electron chi connectivity index (χ2n) is 5.82. The zero-order chi connectivity index (χ0) is 16.8. The van der Waals surface area contributed by atoms with Gasteiger partial charge in [-0.05, 0) is 30.7 Å². The van der Waals surface area contributed by atoms with Gasteiger partial charge in [0.15, 0.2) is 0 Å². The van der Waals surface area contributed by atoms with Crippen molar-refractivity contribution in [3.8, 4) is 0 Å². The van der Waals surface area contributed by atoms with Crippen LogP contribution in [0, 0.1) is 0 Å². The predicted octanol–water partition coefficient (Wildman–Crippen LogP) is 1.94. The van der Waals surface area contributed by atoms with E-state index in [1.165, 1.54) is 0 Å². The third kappa shape index (κ3) is 3.82. The number of nitrogens with one attached hydrogen (secondary N) is 1. The van der Waals surface area contributed by atoms with E-state index in [1.807, 2.05) is 37.4 Å². The molecule has 1 fully saturated rings. The summed E-state index contributed by atoms with van der Waals surface area (Å²) in [5, 5.41) is 2.84. The molecule has 0 bridgehead atoms. The van der Waals surface area contributed by atoms with Crippen LogP contribution in [0.15, 0.2) is 42.7 Å². The van der Waals surface area contributed by atoms with Crippen molar-refractivity contribution in [1.29, 1.82) is 0 Å². The fraction of sp³-hybridized carbons (Fsp3) is 0.389. The lowest BCUT2D eigenvalue weighted by Crippen LogP contribution is -2.46. The smallest absolute Gasteiger partial charge is 0.269 e. The lowest BCUT2D eigenvalue weighted by atomic mass is 10.2. The number of anilines is 2. The van der Waals surface area contributed by atoms with E-state index in [0.29, 0.717) is 12.2 Å². The van der Waals surface area contributed by atoms with Gasteiger partial charge in [0.1, 0.15) is 11.5 Å². The van der Waals surface area contributed by atoms with E-state index in [9.17, 15) is 4.79 Å². The van der Waals surface area contributed by atoms with Gasteiger partial charge in [0.05, 0.1) is 11.9 Å². The molecule has 0 saturated carbocycles. The van der Waals surface area contributed by atoms with Gasteiger partial charge in [-0.2, -0.15) is 0 Å². The number of aromatic nitrogens is 2. The molecule has 0 atom stereocenters. The van der Waals surface area contributed by atoms with Crippen LogP contribution in [0.4, 0.5) is 11.5 Å². The van der Waals surface area contributed by atoms with Crippen LogP contribution in [-0.2, 0) is 0 Å². The maximum atomic E-state index is 11.9. The fourth-order valence-corrected chi connectivity index (χ4v) is 2.77. The first-order chi connectivity index (χ1) is 11.8. The summed E-state index contributed by atoms with van der Waals surface area (Å²) in [6.07, 6.45) is 4.54. The summed E-state index contributed by atoms with van der Waals surface area (Å²) in [7, 11) is 0. The third-order valence-electron chi connectivity index (χ3n) is 4.13. The topological polar surface area (TPSA) is 61.4 Å². The molecule has 0 aliphatic carbocycles. The van der Waals surface area contributed by atoms with E-state index in [0.717, 1.165) is 44.1 Å². The van der Waals surface area contributed by atoms with Gasteiger partial charge in [-0.1, -0.05) is 13.0 Å². The van der Waals surface area contributed by atoms with Crippen molar-refractivity contribution in [2.24, 2.45) is 0 Å². The number of pyridine rings is 2. The van der Waals surface area contributed by atoms with Crippen molar-refractivity contribution in [3.05, 3.63) is 48.4 Å². The summed E-state index contributed by atoms with van der Waals surface area (Å²) in [6, 6.07) is 9.77. The summed E-state index contributed by atoms with van der Waals surface area (Å²) in [5.74, 6) is 0.918. The first kappa shape index (κ1) is 16.2. The molecule has 0 spiro atoms. The molecule has 1 N–H and O–H groups in total. The molecule has 2 aromatic heterocycles. The standard InChI is InChI=1S/C18H23N5O/c1-2-8-20-18(24)16-7-6-15(14-21-16)22-10-12-23(13-11-22)17-5-3-4-9-19-17/h3-7,9,14H,2,8,10-13H2,1H3,(H,20,24). The number of hydrogen-bond acceptors (Lipinski definition) is 5. The first-order valence-corrected chi connectivity index (χ1v) is 8.43. The molecular formula is C18H23N5O. The second-order valence-corrected chi connectivity index (χ2v) is 5.82. The Bertz CT molecular complexity index is 651. The van der Waals surface area contributed by atoms with E-state index in [-0.39, 0.29) is 5.91 Å². The molecule has 6 nitrogen and oxygen atoms in total. The molecule has 3 rings (SSSR count). The van der Waals surface area contributed by atoms with Gasteiger partial charge in [-0.3, -0.25) is 4.79 Å². The summed E-state index contributed by atoms with van der Waals surface area (Å²) in [5.41, 5.74) is 1.53. The van der Waals surface area contributed by atoms with Crippen LogP contribution in [0.5, 0.6) is 0 Å². The predicted molar refractivity (Wildman–Crippen MR) is 95.5 cm³/mol. The van der Waals surface area contributed by atoms with Crippen LogP contribution in [0.2, 0.25) is 0 Å². The molecule has 126 valence electrons. The number of rotatable bonds is 5. The molecule has 0 radical (unpaired) electrons. The van der Waals surface area contributed by atoms with Crippen LogP contribution < -0.4 is 15.1 Å². The number of carbonyl (C=O) groups is 1. The van der Waals surface area contributed by atoms with E-state index in [1.54, 1.807) is 12.3 Å². The highest BCUT2D eigenvalue weighted by molar-refractivity contribution is 5.92. The highest BCUT2D eigenvalue weighted by Crippen LogP contribution is 2.18. The number of amides is 1. The zero-order valence-corrected chi connectivity index (χ0v) is 14.0. The summed E-state index contributed by atoms with van der Waals surface area (Å²) < 4.78 is 0. The van der Waals surface area contributed by atoms with Gasteiger partial charge in [-0.15, -0.1) is 0 Å². The number of nitrogens with zero attached hydrogens (tertiary/aromatic N) is 4. The Kier molecular flexibility index (Phi) is 5.25. The van der Waals surface area contributed by atoms with Crippen molar-refractivity contribution < 1.29 is 4.79 Å². The van der Waals surface area contributed by atoms with E-state index in [4.69, 9.17) is 0 Å². The molecule has 1 aliphatic rings. The van der Waals surface area contributed by atoms with Gasteiger partial charge in [0.25, 0.3) is 5.91 Å². The average molecular weight is 325 g/mol. The van der Waals surface area contributed by atoms with Crippen LogP contribution in [0.1, 0.15) is 23.8 Å². The van der Waals surface area contributed by atoms with Crippen molar-refractivity contribution in [3.63, 3.8) is 0 Å². The summed E-state index contributed by atoms with van der Waals surface area (Å²) >= 11 is 0. The maximum Gasteiger partial charge on any atom is 0.269 e. The molecule has 6 heteroatoms. The molecule has 1 saturated heterocycles. The summed E-state index contributed by atoms with van der Waals surface area (Å²) in [6.45, 7) is 6.39. The molecular weight excluding hydrogens is 302 g/mol. The lowest BCUT2D eigenvalue weighted by molar-refractivity contribution is 0.0948. The number of piperazine rings is 1. The normalized spacial score (nSPS) is 14.5. The van der Waals surface area contributed by atoms with E-state index in [2.05, 4.69) is 25.1 Å². The van der Waals surface area contributed by atoms with Gasteiger partial charge in [0, 0.05) is 38.9 Å². The molecule has 0 aromatic carbocycles. The maximum absolute atomic E-state index is 11.9. The Hall–Kier alpha value is -2.63. The monoisotopic (exact) mass is 325 g/mol. The van der Waals surface area contributed by atoms with Crippen LogP contribution in [-0.4, -0.2) is 48.6 Å². The first-order valence-electron chi connectivity index (χ1n) is 8.43. The Labute approximate surface area is 142 Å². The molecule has 1 aliphatic heterocycles. The van der Waals surface area contributed by atoms with Crippen LogP contribution in [0.25, 0.3) is 0 Å². The quantitative estimate of drug-likeness (QED) is 0.910. The van der Waals surface area contributed by atoms with Gasteiger partial charge >= 0.3 is 0 Å². The van der Waals surface area contributed by atoms with Gasteiger partial charge in [-0.25, -0.2) is 9.97 Å².